The van der Waals surface area contributed by atoms with Crippen molar-refractivity contribution in [2.75, 3.05) is 18.1 Å². The highest BCUT2D eigenvalue weighted by molar-refractivity contribution is 7.91. The van der Waals surface area contributed by atoms with E-state index in [0.29, 0.717) is 19.3 Å². The first-order valence-electron chi connectivity index (χ1n) is 9.38. The molecular formula is C18H24N2O7S. The highest BCUT2D eigenvalue weighted by Crippen LogP contribution is 2.35. The first-order valence-corrected chi connectivity index (χ1v) is 11.2. The number of sulfone groups is 1. The Balaban J connectivity index is 1.44. The lowest BCUT2D eigenvalue weighted by Crippen LogP contribution is -2.43. The summed E-state index contributed by atoms with van der Waals surface area (Å²) in [6.45, 7) is 1.32. The summed E-state index contributed by atoms with van der Waals surface area (Å²) in [7, 11) is -3.12. The number of amides is 3. The van der Waals surface area contributed by atoms with E-state index in [9.17, 15) is 27.6 Å². The van der Waals surface area contributed by atoms with Gasteiger partial charge < -0.3 is 10.1 Å². The van der Waals surface area contributed by atoms with Gasteiger partial charge >= 0.3 is 5.97 Å². The van der Waals surface area contributed by atoms with Gasteiger partial charge in [-0.1, -0.05) is 12.2 Å². The highest BCUT2D eigenvalue weighted by Gasteiger charge is 2.47. The predicted molar refractivity (Wildman–Crippen MR) is 97.4 cm³/mol. The van der Waals surface area contributed by atoms with Crippen LogP contribution in [0.2, 0.25) is 0 Å². The van der Waals surface area contributed by atoms with E-state index in [0.717, 1.165) is 4.90 Å². The van der Waals surface area contributed by atoms with Gasteiger partial charge in [0.25, 0.3) is 5.91 Å². The van der Waals surface area contributed by atoms with Gasteiger partial charge in [0.1, 0.15) is 0 Å². The highest BCUT2D eigenvalue weighted by atomic mass is 32.2. The van der Waals surface area contributed by atoms with Gasteiger partial charge in [0, 0.05) is 12.6 Å². The molecule has 0 radical (unpaired) electrons. The second-order valence-electron chi connectivity index (χ2n) is 7.47. The van der Waals surface area contributed by atoms with Gasteiger partial charge in [0.2, 0.25) is 11.8 Å². The number of nitrogens with one attached hydrogen (secondary N) is 1. The molecule has 2 saturated heterocycles. The van der Waals surface area contributed by atoms with E-state index >= 15 is 0 Å². The van der Waals surface area contributed by atoms with E-state index in [-0.39, 0.29) is 48.1 Å². The van der Waals surface area contributed by atoms with Crippen molar-refractivity contribution < 1.29 is 32.3 Å². The van der Waals surface area contributed by atoms with Crippen LogP contribution in [0.4, 0.5) is 0 Å². The topological polar surface area (TPSA) is 127 Å². The number of likely N-dealkylation sites (tertiary alicyclic amines) is 1. The maximum Gasteiger partial charge on any atom is 0.308 e. The molecule has 3 amide bonds. The van der Waals surface area contributed by atoms with Crippen LogP contribution in [0.15, 0.2) is 12.2 Å². The zero-order valence-corrected chi connectivity index (χ0v) is 16.4. The molecule has 0 aromatic carbocycles. The summed E-state index contributed by atoms with van der Waals surface area (Å²) in [5, 5.41) is 2.56. The molecular weight excluding hydrogens is 388 g/mol. The maximum absolute atomic E-state index is 12.3. The molecule has 2 fully saturated rings. The number of fused-ring (bicyclic) bond motifs is 1. The standard InChI is InChI=1S/C18H24N2O7S/c1-11(16(22)19-12-7-9-28(25,26)10-12)27-15(21)6-8-20-17(23)13-4-2-3-5-14(13)18(20)24/h2-3,11-14H,4-10H2,1H3,(H,19,22)/t11-,12-,13-,14+/m0/s1. The monoisotopic (exact) mass is 412 g/mol. The Kier molecular flexibility index (Phi) is 5.87. The molecule has 0 aromatic rings. The number of rotatable bonds is 6. The van der Waals surface area contributed by atoms with Crippen molar-refractivity contribution in [3.63, 3.8) is 0 Å². The Bertz CT molecular complexity index is 794. The quantitative estimate of drug-likeness (QED) is 0.356. The van der Waals surface area contributed by atoms with Crippen molar-refractivity contribution in [1.29, 1.82) is 0 Å². The predicted octanol–water partition coefficient (Wildman–Crippen LogP) is -0.437. The Hall–Kier alpha value is -2.23. The van der Waals surface area contributed by atoms with Crippen molar-refractivity contribution >= 4 is 33.5 Å². The summed E-state index contributed by atoms with van der Waals surface area (Å²) >= 11 is 0. The van der Waals surface area contributed by atoms with E-state index in [1.165, 1.54) is 6.92 Å². The van der Waals surface area contributed by atoms with Crippen LogP contribution in [-0.4, -0.2) is 67.2 Å². The van der Waals surface area contributed by atoms with Gasteiger partial charge in [-0.05, 0) is 26.2 Å². The fourth-order valence-corrected chi connectivity index (χ4v) is 5.50. The number of ether oxygens (including phenoxy) is 1. The minimum Gasteiger partial charge on any atom is -0.452 e. The lowest BCUT2D eigenvalue weighted by Gasteiger charge is -2.18. The summed E-state index contributed by atoms with van der Waals surface area (Å²) in [5.41, 5.74) is 0. The largest absolute Gasteiger partial charge is 0.452 e. The number of imide groups is 1. The van der Waals surface area contributed by atoms with Crippen molar-refractivity contribution in [1.82, 2.24) is 10.2 Å². The number of nitrogens with zero attached hydrogens (tertiary/aromatic N) is 1. The molecule has 0 aromatic heterocycles. The van der Waals surface area contributed by atoms with Gasteiger partial charge in [-0.25, -0.2) is 8.42 Å². The van der Waals surface area contributed by atoms with Crippen LogP contribution in [0.5, 0.6) is 0 Å². The molecule has 9 nitrogen and oxygen atoms in total. The lowest BCUT2D eigenvalue weighted by atomic mass is 9.85. The third-order valence-corrected chi connectivity index (χ3v) is 7.16. The van der Waals surface area contributed by atoms with Gasteiger partial charge in [-0.2, -0.15) is 0 Å². The van der Waals surface area contributed by atoms with E-state index in [1.807, 2.05) is 12.2 Å². The van der Waals surface area contributed by atoms with Gasteiger partial charge in [0.05, 0.1) is 29.8 Å². The number of hydrogen-bond donors (Lipinski definition) is 1. The Morgan fingerprint density at radius 2 is 1.82 bits per heavy atom. The van der Waals surface area contributed by atoms with Crippen LogP contribution in [0, 0.1) is 11.8 Å². The third-order valence-electron chi connectivity index (χ3n) is 5.39. The molecule has 3 aliphatic rings. The Labute approximate surface area is 163 Å². The SMILES string of the molecule is C[C@H](OC(=O)CCN1C(=O)[C@H]2CC=CC[C@H]2C1=O)C(=O)N[C@H]1CCS(=O)(=O)C1. The number of carbonyl (C=O) groups is 4. The van der Waals surface area contributed by atoms with Crippen molar-refractivity contribution in [2.45, 2.75) is 44.8 Å². The molecule has 10 heteroatoms. The van der Waals surface area contributed by atoms with E-state index in [2.05, 4.69) is 5.32 Å². The molecule has 2 heterocycles. The smallest absolute Gasteiger partial charge is 0.308 e. The fourth-order valence-electron chi connectivity index (χ4n) is 3.83. The zero-order chi connectivity index (χ0) is 20.5. The van der Waals surface area contributed by atoms with Crippen LogP contribution >= 0.6 is 0 Å². The van der Waals surface area contributed by atoms with E-state index in [4.69, 9.17) is 4.74 Å². The van der Waals surface area contributed by atoms with Crippen LogP contribution in [0.3, 0.4) is 0 Å². The molecule has 154 valence electrons. The normalized spacial score (nSPS) is 29.5. The Morgan fingerprint density at radius 3 is 2.36 bits per heavy atom. The minimum atomic E-state index is -3.12. The zero-order valence-electron chi connectivity index (χ0n) is 15.6. The molecule has 0 spiro atoms. The summed E-state index contributed by atoms with van der Waals surface area (Å²) in [6.07, 6.45) is 3.90. The van der Waals surface area contributed by atoms with E-state index in [1.54, 1.807) is 0 Å². The second kappa shape index (κ2) is 8.02. The number of carbonyl (C=O) groups excluding carboxylic acids is 4. The Morgan fingerprint density at radius 1 is 1.21 bits per heavy atom. The molecule has 0 saturated carbocycles. The maximum atomic E-state index is 12.3. The first-order chi connectivity index (χ1) is 13.2. The second-order valence-corrected chi connectivity index (χ2v) is 9.70. The van der Waals surface area contributed by atoms with Crippen LogP contribution < -0.4 is 5.32 Å². The average molecular weight is 412 g/mol. The van der Waals surface area contributed by atoms with Gasteiger partial charge in [-0.3, -0.25) is 24.1 Å². The van der Waals surface area contributed by atoms with Crippen LogP contribution in [-0.2, 0) is 33.8 Å². The van der Waals surface area contributed by atoms with Gasteiger partial charge in [0.15, 0.2) is 15.9 Å². The van der Waals surface area contributed by atoms with E-state index < -0.39 is 33.9 Å². The minimum absolute atomic E-state index is 0.0293. The summed E-state index contributed by atoms with van der Waals surface area (Å²) in [5.74, 6) is -2.57. The number of esters is 1. The summed E-state index contributed by atoms with van der Waals surface area (Å²) < 4.78 is 27.9. The van der Waals surface area contributed by atoms with Crippen LogP contribution in [0.25, 0.3) is 0 Å². The fraction of sp³-hybridized carbons (Fsp3) is 0.667. The molecule has 4 atom stereocenters. The van der Waals surface area contributed by atoms with Crippen molar-refractivity contribution in [3.8, 4) is 0 Å². The molecule has 28 heavy (non-hydrogen) atoms. The molecule has 3 rings (SSSR count). The molecule has 2 aliphatic heterocycles. The van der Waals surface area contributed by atoms with Crippen molar-refractivity contribution in [3.05, 3.63) is 12.2 Å². The molecule has 0 unspecified atom stereocenters. The third kappa shape index (κ3) is 4.43. The van der Waals surface area contributed by atoms with Crippen LogP contribution in [0.1, 0.15) is 32.6 Å². The number of hydrogen-bond acceptors (Lipinski definition) is 7. The van der Waals surface area contributed by atoms with Crippen molar-refractivity contribution in [2.24, 2.45) is 11.8 Å². The number of allylic oxidation sites excluding steroid dienone is 2. The average Bonchev–Trinajstić information content (AvgIpc) is 3.10. The molecule has 1 N–H and O–H groups in total. The molecule has 1 aliphatic carbocycles. The first kappa shape index (κ1) is 20.5. The lowest BCUT2D eigenvalue weighted by molar-refractivity contribution is -0.155. The van der Waals surface area contributed by atoms with Gasteiger partial charge in [-0.15, -0.1) is 0 Å². The summed E-state index contributed by atoms with van der Waals surface area (Å²) in [6, 6.07) is -0.476. The summed E-state index contributed by atoms with van der Waals surface area (Å²) in [4.78, 5) is 49.9. The molecule has 0 bridgehead atoms.